The standard InChI is InChI=1S/C14H20N4O4.H2O/c15-11(12(19)20)7-4-8-17-13(16)18-14(21)22-9-10-5-2-1-3-6-10;/h1-3,5-6,11H,4,7-9,15H2,(H,19,20)(H3,16,17,18,21);1H2/t11-;/m1./s1. The van der Waals surface area contributed by atoms with E-state index in [4.69, 9.17) is 21.3 Å². The van der Waals surface area contributed by atoms with Crippen molar-refractivity contribution >= 4 is 18.0 Å². The first-order chi connectivity index (χ1) is 10.5. The van der Waals surface area contributed by atoms with Crippen LogP contribution < -0.4 is 16.8 Å². The van der Waals surface area contributed by atoms with E-state index >= 15 is 0 Å². The summed E-state index contributed by atoms with van der Waals surface area (Å²) in [5, 5.41) is 10.9. The molecule has 0 heterocycles. The molecule has 0 fully saturated rings. The van der Waals surface area contributed by atoms with Crippen LogP contribution in [0.15, 0.2) is 35.3 Å². The number of hydrogen-bond donors (Lipinski definition) is 4. The zero-order valence-electron chi connectivity index (χ0n) is 12.6. The van der Waals surface area contributed by atoms with E-state index in [1.807, 2.05) is 30.3 Å². The minimum atomic E-state index is -1.06. The van der Waals surface area contributed by atoms with Gasteiger partial charge in [0.1, 0.15) is 12.6 Å². The second-order valence-electron chi connectivity index (χ2n) is 4.54. The highest BCUT2D eigenvalue weighted by atomic mass is 16.5. The number of nitrogens with one attached hydrogen (secondary N) is 1. The Morgan fingerprint density at radius 2 is 1.96 bits per heavy atom. The average molecular weight is 326 g/mol. The molecule has 0 aromatic heterocycles. The molecule has 128 valence electrons. The molecule has 0 radical (unpaired) electrons. The number of benzene rings is 1. The molecule has 1 aromatic carbocycles. The molecule has 1 atom stereocenters. The molecule has 0 aliphatic heterocycles. The van der Waals surface area contributed by atoms with E-state index in [1.165, 1.54) is 0 Å². The van der Waals surface area contributed by atoms with Crippen molar-refractivity contribution in [1.82, 2.24) is 5.32 Å². The Balaban J connectivity index is 0.00000484. The summed E-state index contributed by atoms with van der Waals surface area (Å²) in [5.74, 6) is -1.14. The molecule has 0 aliphatic rings. The van der Waals surface area contributed by atoms with Gasteiger partial charge in [0.25, 0.3) is 0 Å². The van der Waals surface area contributed by atoms with Crippen molar-refractivity contribution in [3.63, 3.8) is 0 Å². The lowest BCUT2D eigenvalue weighted by Gasteiger charge is -2.07. The van der Waals surface area contributed by atoms with E-state index in [0.29, 0.717) is 6.42 Å². The molecule has 1 amide bonds. The summed E-state index contributed by atoms with van der Waals surface area (Å²) < 4.78 is 4.97. The normalized spacial score (nSPS) is 12.0. The van der Waals surface area contributed by atoms with Gasteiger partial charge in [-0.1, -0.05) is 30.3 Å². The van der Waals surface area contributed by atoms with Crippen molar-refractivity contribution in [2.45, 2.75) is 25.5 Å². The Bertz CT molecular complexity index is 521. The first-order valence-electron chi connectivity index (χ1n) is 6.75. The van der Waals surface area contributed by atoms with E-state index < -0.39 is 18.1 Å². The topological polar surface area (TPSA) is 172 Å². The van der Waals surface area contributed by atoms with E-state index in [-0.39, 0.29) is 31.0 Å². The molecule has 0 spiro atoms. The molecule has 0 saturated carbocycles. The van der Waals surface area contributed by atoms with Crippen molar-refractivity contribution in [3.05, 3.63) is 35.9 Å². The summed E-state index contributed by atoms with van der Waals surface area (Å²) in [6, 6.07) is 8.29. The van der Waals surface area contributed by atoms with E-state index in [1.54, 1.807) is 0 Å². The SMILES string of the molecule is NC(=NCCC[C@@H](N)C(=O)O)NC(=O)OCc1ccccc1.O. The highest BCUT2D eigenvalue weighted by molar-refractivity contribution is 5.92. The second-order valence-corrected chi connectivity index (χ2v) is 4.54. The van der Waals surface area contributed by atoms with Crippen molar-refractivity contribution in [3.8, 4) is 0 Å². The molecule has 0 bridgehead atoms. The molecule has 0 saturated heterocycles. The monoisotopic (exact) mass is 326 g/mol. The molecule has 0 unspecified atom stereocenters. The molecule has 1 aromatic rings. The summed E-state index contributed by atoms with van der Waals surface area (Å²) in [5.41, 5.74) is 11.7. The number of carboxylic acids is 1. The molecule has 9 heteroatoms. The minimum absolute atomic E-state index is 0. The lowest BCUT2D eigenvalue weighted by Crippen LogP contribution is -2.37. The van der Waals surface area contributed by atoms with Gasteiger partial charge in [-0.15, -0.1) is 0 Å². The Morgan fingerprint density at radius 1 is 1.30 bits per heavy atom. The number of carbonyl (C=O) groups is 2. The van der Waals surface area contributed by atoms with Crippen molar-refractivity contribution in [2.24, 2.45) is 16.5 Å². The Hall–Kier alpha value is -2.65. The van der Waals surface area contributed by atoms with Gasteiger partial charge in [0.15, 0.2) is 5.96 Å². The summed E-state index contributed by atoms with van der Waals surface area (Å²) >= 11 is 0. The molecule has 1 rings (SSSR count). The molecule has 0 aliphatic carbocycles. The van der Waals surface area contributed by atoms with Crippen LogP contribution in [-0.2, 0) is 16.1 Å². The largest absolute Gasteiger partial charge is 0.480 e. The van der Waals surface area contributed by atoms with E-state index in [0.717, 1.165) is 5.56 Å². The maximum absolute atomic E-state index is 11.5. The summed E-state index contributed by atoms with van der Waals surface area (Å²) in [4.78, 5) is 25.9. The number of hydrogen-bond acceptors (Lipinski definition) is 5. The van der Waals surface area contributed by atoms with Crippen LogP contribution >= 0.6 is 0 Å². The number of ether oxygens (including phenoxy) is 1. The van der Waals surface area contributed by atoms with Crippen LogP contribution in [0.25, 0.3) is 0 Å². The van der Waals surface area contributed by atoms with Crippen molar-refractivity contribution in [1.29, 1.82) is 0 Å². The Kier molecular flexibility index (Phi) is 9.72. The fourth-order valence-corrected chi connectivity index (χ4v) is 1.54. The van der Waals surface area contributed by atoms with E-state index in [2.05, 4.69) is 10.3 Å². The van der Waals surface area contributed by atoms with Gasteiger partial charge < -0.3 is 26.8 Å². The number of nitrogens with zero attached hydrogens (tertiary/aromatic N) is 1. The summed E-state index contributed by atoms with van der Waals surface area (Å²) in [7, 11) is 0. The second kappa shape index (κ2) is 11.0. The van der Waals surface area contributed by atoms with Crippen LogP contribution in [0.1, 0.15) is 18.4 Å². The number of nitrogens with two attached hydrogens (primary N) is 2. The summed E-state index contributed by atoms with van der Waals surface area (Å²) in [6.07, 6.45) is 0.0341. The van der Waals surface area contributed by atoms with Gasteiger partial charge in [0.2, 0.25) is 0 Å². The number of guanidine groups is 1. The molecular weight excluding hydrogens is 304 g/mol. The molecule has 8 N–H and O–H groups in total. The quantitative estimate of drug-likeness (QED) is 0.301. The highest BCUT2D eigenvalue weighted by Crippen LogP contribution is 2.00. The van der Waals surface area contributed by atoms with Crippen LogP contribution in [-0.4, -0.2) is 41.2 Å². The van der Waals surface area contributed by atoms with Crippen LogP contribution in [0.2, 0.25) is 0 Å². The number of amides is 1. The number of aliphatic imine (C=N–C) groups is 1. The summed E-state index contributed by atoms with van der Waals surface area (Å²) in [6.45, 7) is 0.402. The number of carboxylic acid groups (broad SMARTS) is 1. The van der Waals surface area contributed by atoms with Gasteiger partial charge in [0, 0.05) is 6.54 Å². The number of alkyl carbamates (subject to hydrolysis) is 1. The van der Waals surface area contributed by atoms with Gasteiger partial charge >= 0.3 is 12.1 Å². The van der Waals surface area contributed by atoms with Crippen molar-refractivity contribution in [2.75, 3.05) is 6.54 Å². The molecule has 23 heavy (non-hydrogen) atoms. The Morgan fingerprint density at radius 3 is 2.57 bits per heavy atom. The number of aliphatic carboxylic acids is 1. The van der Waals surface area contributed by atoms with Gasteiger partial charge in [0.05, 0.1) is 0 Å². The molecular formula is C14H22N4O5. The first kappa shape index (κ1) is 20.3. The lowest BCUT2D eigenvalue weighted by molar-refractivity contribution is -0.138. The number of rotatable bonds is 7. The predicted molar refractivity (Wildman–Crippen MR) is 84.7 cm³/mol. The minimum Gasteiger partial charge on any atom is -0.480 e. The van der Waals surface area contributed by atoms with Crippen LogP contribution in [0.3, 0.4) is 0 Å². The third-order valence-corrected chi connectivity index (χ3v) is 2.72. The average Bonchev–Trinajstić information content (AvgIpc) is 2.50. The number of carbonyl (C=O) groups excluding carboxylic acids is 1. The molecule has 9 nitrogen and oxygen atoms in total. The third kappa shape index (κ3) is 9.06. The van der Waals surface area contributed by atoms with Crippen LogP contribution in [0.4, 0.5) is 4.79 Å². The first-order valence-corrected chi connectivity index (χ1v) is 6.75. The fraction of sp³-hybridized carbons (Fsp3) is 0.357. The lowest BCUT2D eigenvalue weighted by atomic mass is 10.2. The van der Waals surface area contributed by atoms with Crippen LogP contribution in [0.5, 0.6) is 0 Å². The van der Waals surface area contributed by atoms with E-state index in [9.17, 15) is 9.59 Å². The highest BCUT2D eigenvalue weighted by Gasteiger charge is 2.10. The Labute approximate surface area is 133 Å². The zero-order chi connectivity index (χ0) is 16.4. The smallest absolute Gasteiger partial charge is 0.414 e. The maximum Gasteiger partial charge on any atom is 0.414 e. The fourth-order valence-electron chi connectivity index (χ4n) is 1.54. The van der Waals surface area contributed by atoms with Crippen molar-refractivity contribution < 1.29 is 24.9 Å². The third-order valence-electron chi connectivity index (χ3n) is 2.72. The van der Waals surface area contributed by atoms with Gasteiger partial charge in [-0.3, -0.25) is 15.1 Å². The van der Waals surface area contributed by atoms with Gasteiger partial charge in [-0.05, 0) is 18.4 Å². The van der Waals surface area contributed by atoms with Gasteiger partial charge in [-0.2, -0.15) is 0 Å². The van der Waals surface area contributed by atoms with Crippen LogP contribution in [0, 0.1) is 0 Å². The maximum atomic E-state index is 11.5. The predicted octanol–water partition coefficient (Wildman–Crippen LogP) is -0.405. The van der Waals surface area contributed by atoms with Gasteiger partial charge in [-0.25, -0.2) is 4.79 Å². The zero-order valence-corrected chi connectivity index (χ0v) is 12.6.